The molecule has 1 fully saturated rings. The van der Waals surface area contributed by atoms with Crippen molar-refractivity contribution in [1.29, 1.82) is 0 Å². The topological polar surface area (TPSA) is 69.4 Å². The summed E-state index contributed by atoms with van der Waals surface area (Å²) in [6, 6.07) is 2.09. The maximum absolute atomic E-state index is 6.39. The van der Waals surface area contributed by atoms with Crippen molar-refractivity contribution in [3.63, 3.8) is 0 Å². The maximum Gasteiger partial charge on any atom is 0.123 e. The minimum absolute atomic E-state index is 0.0646. The zero-order chi connectivity index (χ0) is 19.6. The van der Waals surface area contributed by atoms with E-state index in [-0.39, 0.29) is 17.7 Å². The molecular formula is C21H30ClN3O2. The minimum Gasteiger partial charge on any atom is -0.384 e. The van der Waals surface area contributed by atoms with Crippen LogP contribution in [0.1, 0.15) is 33.3 Å². The van der Waals surface area contributed by atoms with E-state index in [1.54, 1.807) is 6.20 Å². The Morgan fingerprint density at radius 1 is 1.37 bits per heavy atom. The van der Waals surface area contributed by atoms with Crippen LogP contribution in [0.2, 0.25) is 5.02 Å². The molecule has 2 heterocycles. The molecule has 2 aliphatic rings. The van der Waals surface area contributed by atoms with Gasteiger partial charge in [0.1, 0.15) is 5.82 Å². The molecule has 3 rings (SSSR count). The summed E-state index contributed by atoms with van der Waals surface area (Å²) < 4.78 is 11.8. The molecule has 0 amide bonds. The van der Waals surface area contributed by atoms with Gasteiger partial charge >= 0.3 is 0 Å². The number of rotatable bonds is 4. The standard InChI is InChI=1S/C21H30ClN3O2/c1-13-14(2)19(24-9-15-11-26-12-21(3,4)27-15)7-5-6-16(13)17-8-20(23)25-10-18(17)22/h5-8,10,13-15,19,24H,9,11-12H2,1-4H3,(H2,23,25). The normalized spacial score (nSPS) is 30.6. The molecule has 0 spiro atoms. The van der Waals surface area contributed by atoms with Gasteiger partial charge in [-0.15, -0.1) is 0 Å². The first-order chi connectivity index (χ1) is 12.8. The number of anilines is 1. The van der Waals surface area contributed by atoms with E-state index in [2.05, 4.69) is 56.2 Å². The highest BCUT2D eigenvalue weighted by atomic mass is 35.5. The SMILES string of the molecule is CC1C(c2cc(N)ncc2Cl)=CC=CC(NCC2COCC(C)(C)O2)C1C. The monoisotopic (exact) mass is 391 g/mol. The number of nitrogens with two attached hydrogens (primary N) is 1. The van der Waals surface area contributed by atoms with Crippen LogP contribution in [0.5, 0.6) is 0 Å². The van der Waals surface area contributed by atoms with Gasteiger partial charge in [0.2, 0.25) is 0 Å². The zero-order valence-corrected chi connectivity index (χ0v) is 17.3. The summed E-state index contributed by atoms with van der Waals surface area (Å²) in [5, 5.41) is 4.28. The van der Waals surface area contributed by atoms with E-state index in [4.69, 9.17) is 26.8 Å². The molecule has 148 valence electrons. The van der Waals surface area contributed by atoms with Crippen molar-refractivity contribution in [3.8, 4) is 0 Å². The average Bonchev–Trinajstić information content (AvgIpc) is 2.74. The summed E-state index contributed by atoms with van der Waals surface area (Å²) in [6.07, 6.45) is 8.13. The molecule has 1 aliphatic heterocycles. The van der Waals surface area contributed by atoms with E-state index in [1.165, 1.54) is 5.57 Å². The fraction of sp³-hybridized carbons (Fsp3) is 0.571. The van der Waals surface area contributed by atoms with Crippen LogP contribution in [0.25, 0.3) is 5.57 Å². The zero-order valence-electron chi connectivity index (χ0n) is 16.5. The number of nitrogens with one attached hydrogen (secondary N) is 1. The van der Waals surface area contributed by atoms with Crippen LogP contribution in [0.3, 0.4) is 0 Å². The molecule has 1 aliphatic carbocycles. The Labute approximate surface area is 167 Å². The summed E-state index contributed by atoms with van der Waals surface area (Å²) in [5.74, 6) is 1.16. The number of ether oxygens (including phenoxy) is 2. The molecule has 0 aromatic carbocycles. The van der Waals surface area contributed by atoms with Gasteiger partial charge in [-0.2, -0.15) is 0 Å². The molecule has 5 nitrogen and oxygen atoms in total. The van der Waals surface area contributed by atoms with Crippen molar-refractivity contribution < 1.29 is 9.47 Å². The summed E-state index contributed by atoms with van der Waals surface area (Å²) in [5.41, 5.74) is 7.79. The van der Waals surface area contributed by atoms with E-state index < -0.39 is 0 Å². The molecule has 27 heavy (non-hydrogen) atoms. The summed E-state index contributed by atoms with van der Waals surface area (Å²) in [6.45, 7) is 10.6. The number of nitrogens with zero attached hydrogens (tertiary/aromatic N) is 1. The van der Waals surface area contributed by atoms with Crippen molar-refractivity contribution in [2.45, 2.75) is 45.4 Å². The first-order valence-corrected chi connectivity index (χ1v) is 9.93. The van der Waals surface area contributed by atoms with E-state index >= 15 is 0 Å². The van der Waals surface area contributed by atoms with Gasteiger partial charge in [-0.25, -0.2) is 4.98 Å². The molecule has 3 N–H and O–H groups in total. The van der Waals surface area contributed by atoms with Gasteiger partial charge in [-0.05, 0) is 37.3 Å². The molecule has 4 unspecified atom stereocenters. The van der Waals surface area contributed by atoms with Crippen LogP contribution in [0, 0.1) is 11.8 Å². The molecular weight excluding hydrogens is 362 g/mol. The molecule has 6 heteroatoms. The predicted octanol–water partition coefficient (Wildman–Crippen LogP) is 3.69. The predicted molar refractivity (Wildman–Crippen MR) is 111 cm³/mol. The summed E-state index contributed by atoms with van der Waals surface area (Å²) in [7, 11) is 0. The Bertz CT molecular complexity index is 732. The highest BCUT2D eigenvalue weighted by molar-refractivity contribution is 6.32. The minimum atomic E-state index is -0.227. The lowest BCUT2D eigenvalue weighted by molar-refractivity contribution is -0.180. The van der Waals surface area contributed by atoms with Crippen LogP contribution in [-0.4, -0.2) is 42.5 Å². The van der Waals surface area contributed by atoms with Crippen molar-refractivity contribution >= 4 is 23.0 Å². The number of allylic oxidation sites excluding steroid dienone is 3. The van der Waals surface area contributed by atoms with Crippen LogP contribution in [0.4, 0.5) is 5.82 Å². The molecule has 0 bridgehead atoms. The third-order valence-corrected chi connectivity index (χ3v) is 5.75. The van der Waals surface area contributed by atoms with E-state index in [1.807, 2.05) is 6.07 Å². The highest BCUT2D eigenvalue weighted by Crippen LogP contribution is 2.36. The summed E-state index contributed by atoms with van der Waals surface area (Å²) >= 11 is 6.39. The Hall–Kier alpha value is -1.40. The second-order valence-electron chi connectivity index (χ2n) is 8.19. The first-order valence-electron chi connectivity index (χ1n) is 9.55. The lowest BCUT2D eigenvalue weighted by Gasteiger charge is -2.37. The van der Waals surface area contributed by atoms with E-state index in [0.717, 1.165) is 12.1 Å². The largest absolute Gasteiger partial charge is 0.384 e. The molecule has 1 aromatic rings. The van der Waals surface area contributed by atoms with Crippen molar-refractivity contribution in [1.82, 2.24) is 10.3 Å². The average molecular weight is 392 g/mol. The third-order valence-electron chi connectivity index (χ3n) is 5.45. The quantitative estimate of drug-likeness (QED) is 0.819. The second-order valence-corrected chi connectivity index (χ2v) is 8.60. The fourth-order valence-corrected chi connectivity index (χ4v) is 4.00. The summed E-state index contributed by atoms with van der Waals surface area (Å²) in [4.78, 5) is 4.07. The molecule has 0 radical (unpaired) electrons. The van der Waals surface area contributed by atoms with Crippen molar-refractivity contribution in [2.75, 3.05) is 25.5 Å². The molecule has 1 saturated heterocycles. The number of halogens is 1. The third kappa shape index (κ3) is 4.91. The van der Waals surface area contributed by atoms with Gasteiger partial charge < -0.3 is 20.5 Å². The molecule has 1 aromatic heterocycles. The molecule has 0 saturated carbocycles. The fourth-order valence-electron chi connectivity index (χ4n) is 3.79. The van der Waals surface area contributed by atoms with Gasteiger partial charge in [-0.3, -0.25) is 0 Å². The number of hydrogen-bond donors (Lipinski definition) is 2. The van der Waals surface area contributed by atoms with Gasteiger partial charge in [0.25, 0.3) is 0 Å². The maximum atomic E-state index is 6.39. The Morgan fingerprint density at radius 3 is 2.89 bits per heavy atom. The van der Waals surface area contributed by atoms with Crippen molar-refractivity contribution in [2.24, 2.45) is 11.8 Å². The highest BCUT2D eigenvalue weighted by Gasteiger charge is 2.31. The lowest BCUT2D eigenvalue weighted by atomic mass is 9.82. The first kappa shape index (κ1) is 20.3. The Balaban J connectivity index is 1.68. The smallest absolute Gasteiger partial charge is 0.123 e. The number of hydrogen-bond acceptors (Lipinski definition) is 5. The van der Waals surface area contributed by atoms with Gasteiger partial charge in [0.05, 0.1) is 29.9 Å². The van der Waals surface area contributed by atoms with Gasteiger partial charge in [0.15, 0.2) is 0 Å². The van der Waals surface area contributed by atoms with Crippen LogP contribution in [-0.2, 0) is 9.47 Å². The van der Waals surface area contributed by atoms with Crippen LogP contribution >= 0.6 is 11.6 Å². The second kappa shape index (κ2) is 8.31. The number of pyridine rings is 1. The Kier molecular flexibility index (Phi) is 6.26. The number of aromatic nitrogens is 1. The van der Waals surface area contributed by atoms with E-state index in [9.17, 15) is 0 Å². The lowest BCUT2D eigenvalue weighted by Crippen LogP contribution is -2.49. The van der Waals surface area contributed by atoms with Gasteiger partial charge in [0, 0.05) is 24.3 Å². The van der Waals surface area contributed by atoms with E-state index in [0.29, 0.717) is 35.9 Å². The van der Waals surface area contributed by atoms with Crippen LogP contribution < -0.4 is 11.1 Å². The Morgan fingerprint density at radius 2 is 2.15 bits per heavy atom. The van der Waals surface area contributed by atoms with Crippen molar-refractivity contribution in [3.05, 3.63) is 41.1 Å². The molecule has 4 atom stereocenters. The number of nitrogen functional groups attached to an aromatic ring is 1. The van der Waals surface area contributed by atoms with Crippen LogP contribution in [0.15, 0.2) is 30.5 Å². The van der Waals surface area contributed by atoms with Gasteiger partial charge in [-0.1, -0.05) is 43.7 Å².